The van der Waals surface area contributed by atoms with Gasteiger partial charge in [0.15, 0.2) is 0 Å². The zero-order chi connectivity index (χ0) is 36.1. The highest BCUT2D eigenvalue weighted by Crippen LogP contribution is 2.72. The van der Waals surface area contributed by atoms with Crippen molar-refractivity contribution in [3.05, 3.63) is 130 Å². The van der Waals surface area contributed by atoms with Crippen LogP contribution in [-0.2, 0) is 25.5 Å². The van der Waals surface area contributed by atoms with E-state index < -0.39 is 5.41 Å². The molecule has 10 rings (SSSR count). The Bertz CT molecular complexity index is 2050. The van der Waals surface area contributed by atoms with Crippen LogP contribution in [0.5, 0.6) is 5.75 Å². The van der Waals surface area contributed by atoms with Crippen LogP contribution in [-0.4, -0.2) is 17.0 Å². The Morgan fingerprint density at radius 2 is 1.62 bits per heavy atom. The number of allylic oxidation sites excluding steroid dienone is 5. The summed E-state index contributed by atoms with van der Waals surface area (Å²) in [6.45, 7) is 2.20. The Balaban J connectivity index is 1.20. The molecule has 0 aromatic heterocycles. The molecule has 1 saturated heterocycles. The van der Waals surface area contributed by atoms with Crippen LogP contribution in [0, 0.1) is 35.0 Å². The molecular formula is C48H50O5. The van der Waals surface area contributed by atoms with Crippen molar-refractivity contribution in [3.8, 4) is 16.9 Å². The number of esters is 2. The predicted molar refractivity (Wildman–Crippen MR) is 207 cm³/mol. The van der Waals surface area contributed by atoms with E-state index in [0.29, 0.717) is 11.3 Å². The topological polar surface area (TPSA) is 72.8 Å². The average Bonchev–Trinajstić information content (AvgIpc) is 3.67. The van der Waals surface area contributed by atoms with Gasteiger partial charge in [0, 0.05) is 17.1 Å². The van der Waals surface area contributed by atoms with Crippen LogP contribution >= 0.6 is 0 Å². The molecule has 3 fully saturated rings. The first kappa shape index (κ1) is 34.1. The maximum absolute atomic E-state index is 14.6. The molecule has 2 bridgehead atoms. The van der Waals surface area contributed by atoms with Gasteiger partial charge in [-0.25, -0.2) is 9.59 Å². The molecule has 2 aliphatic heterocycles. The summed E-state index contributed by atoms with van der Waals surface area (Å²) in [7, 11) is 0. The van der Waals surface area contributed by atoms with Crippen molar-refractivity contribution in [2.45, 2.75) is 90.4 Å². The Morgan fingerprint density at radius 3 is 2.40 bits per heavy atom. The van der Waals surface area contributed by atoms with Gasteiger partial charge in [0.25, 0.3) is 0 Å². The maximum Gasteiger partial charge on any atom is 0.340 e. The summed E-state index contributed by atoms with van der Waals surface area (Å²) in [5, 5.41) is 11.0. The molecule has 2 saturated carbocycles. The van der Waals surface area contributed by atoms with Crippen molar-refractivity contribution in [1.82, 2.24) is 0 Å². The Morgan fingerprint density at radius 1 is 0.849 bits per heavy atom. The molecule has 1 spiro atoms. The standard InChI is InChI=1S/C48H50O5/c1-2-30(27-32-15-8-4-9-16-32)28-41-48-26-25-36(42(45(48)47(51)53-41)39-29-34(49)21-22-35(39)33-18-10-5-11-19-33)37-23-24-38-40(52-46(50)43(38)44(37)48)20-12-17-31-13-6-3-7-14-31/h4-5,8-11,15-16,18-22,28-31,36-37,44,49H,2-3,6-7,12-14,17,23-27H2,1H3. The molecule has 3 aromatic carbocycles. The van der Waals surface area contributed by atoms with E-state index >= 15 is 0 Å². The van der Waals surface area contributed by atoms with Crippen LogP contribution in [0.15, 0.2) is 119 Å². The largest absolute Gasteiger partial charge is 0.508 e. The fourth-order valence-corrected chi connectivity index (χ4v) is 11.2. The third-order valence-corrected chi connectivity index (χ3v) is 13.6. The van der Waals surface area contributed by atoms with E-state index in [1.807, 2.05) is 36.4 Å². The number of phenols is 1. The van der Waals surface area contributed by atoms with E-state index in [2.05, 4.69) is 55.5 Å². The van der Waals surface area contributed by atoms with Gasteiger partial charge >= 0.3 is 11.9 Å². The third-order valence-electron chi connectivity index (χ3n) is 13.6. The molecule has 5 aliphatic carbocycles. The zero-order valence-corrected chi connectivity index (χ0v) is 30.8. The minimum absolute atomic E-state index is 0.0421. The fraction of sp³-hybridized carbons (Fsp3) is 0.417. The molecular weight excluding hydrogens is 657 g/mol. The Kier molecular flexibility index (Phi) is 9.00. The van der Waals surface area contributed by atoms with Crippen molar-refractivity contribution in [2.75, 3.05) is 0 Å². The summed E-state index contributed by atoms with van der Waals surface area (Å²) in [5.74, 6) is 1.98. The second kappa shape index (κ2) is 14.0. The number of aromatic hydroxyl groups is 1. The molecule has 0 radical (unpaired) electrons. The van der Waals surface area contributed by atoms with Crippen molar-refractivity contribution in [2.24, 2.45) is 35.0 Å². The molecule has 2 heterocycles. The van der Waals surface area contributed by atoms with Gasteiger partial charge in [-0.3, -0.25) is 0 Å². The number of ether oxygens (including phenoxy) is 2. The number of cyclic esters (lactones) is 2. The molecule has 5 nitrogen and oxygen atoms in total. The summed E-state index contributed by atoms with van der Waals surface area (Å²) in [6, 6.07) is 26.3. The molecule has 5 unspecified atom stereocenters. The number of phenolic OH excluding ortho intramolecular Hbond substituents is 1. The van der Waals surface area contributed by atoms with Gasteiger partial charge < -0.3 is 14.6 Å². The minimum atomic E-state index is -0.785. The molecule has 7 aliphatic rings. The molecule has 3 aromatic rings. The van der Waals surface area contributed by atoms with Gasteiger partial charge in [0.05, 0.1) is 11.0 Å². The smallest absolute Gasteiger partial charge is 0.340 e. The summed E-state index contributed by atoms with van der Waals surface area (Å²) in [5.41, 5.74) is 6.91. The van der Waals surface area contributed by atoms with E-state index in [0.717, 1.165) is 96.5 Å². The molecule has 53 heavy (non-hydrogen) atoms. The number of fused-ring (bicyclic) bond motifs is 1. The third kappa shape index (κ3) is 5.82. The number of hydrogen-bond acceptors (Lipinski definition) is 5. The van der Waals surface area contributed by atoms with Gasteiger partial charge in [-0.05, 0) is 127 Å². The van der Waals surface area contributed by atoms with Gasteiger partial charge in [0.1, 0.15) is 17.3 Å². The normalized spacial score (nSPS) is 28.6. The van der Waals surface area contributed by atoms with Crippen LogP contribution in [0.1, 0.15) is 95.1 Å². The monoisotopic (exact) mass is 706 g/mol. The first-order valence-corrected chi connectivity index (χ1v) is 20.2. The van der Waals surface area contributed by atoms with Crippen molar-refractivity contribution < 1.29 is 24.2 Å². The first-order valence-electron chi connectivity index (χ1n) is 20.2. The molecule has 1 N–H and O–H groups in total. The highest BCUT2D eigenvalue weighted by Gasteiger charge is 2.68. The highest BCUT2D eigenvalue weighted by molar-refractivity contribution is 6.07. The second-order valence-electron chi connectivity index (χ2n) is 16.4. The molecule has 272 valence electrons. The number of hydrogen-bond donors (Lipinski definition) is 1. The van der Waals surface area contributed by atoms with Crippen LogP contribution in [0.2, 0.25) is 0 Å². The van der Waals surface area contributed by atoms with Crippen LogP contribution in [0.25, 0.3) is 16.7 Å². The second-order valence-corrected chi connectivity index (χ2v) is 16.4. The lowest BCUT2D eigenvalue weighted by molar-refractivity contribution is -0.135. The molecule has 5 heteroatoms. The van der Waals surface area contributed by atoms with Crippen LogP contribution in [0.3, 0.4) is 0 Å². The highest BCUT2D eigenvalue weighted by atomic mass is 16.5. The first-order chi connectivity index (χ1) is 26.0. The van der Waals surface area contributed by atoms with Gasteiger partial charge in [-0.1, -0.05) is 106 Å². The number of rotatable bonds is 9. The van der Waals surface area contributed by atoms with Crippen LogP contribution in [0.4, 0.5) is 0 Å². The van der Waals surface area contributed by atoms with Crippen LogP contribution < -0.4 is 0 Å². The Labute approximate surface area is 313 Å². The number of carbonyl (C=O) groups is 2. The van der Waals surface area contributed by atoms with E-state index in [1.165, 1.54) is 37.7 Å². The Hall–Kier alpha value is -4.64. The van der Waals surface area contributed by atoms with E-state index in [9.17, 15) is 14.7 Å². The summed E-state index contributed by atoms with van der Waals surface area (Å²) >= 11 is 0. The summed E-state index contributed by atoms with van der Waals surface area (Å²) in [6.07, 6.45) is 18.1. The quantitative estimate of drug-likeness (QED) is 0.224. The van der Waals surface area contributed by atoms with Gasteiger partial charge in [-0.2, -0.15) is 0 Å². The van der Waals surface area contributed by atoms with Crippen molar-refractivity contribution in [3.63, 3.8) is 0 Å². The van der Waals surface area contributed by atoms with E-state index in [-0.39, 0.29) is 41.4 Å². The lowest BCUT2D eigenvalue weighted by atomic mass is 9.44. The maximum atomic E-state index is 14.6. The number of carbonyl (C=O) groups excluding carboxylic acids is 2. The molecule has 0 amide bonds. The minimum Gasteiger partial charge on any atom is -0.508 e. The molecule has 5 atom stereocenters. The lowest BCUT2D eigenvalue weighted by Crippen LogP contribution is -2.52. The van der Waals surface area contributed by atoms with E-state index in [1.54, 1.807) is 6.07 Å². The lowest BCUT2D eigenvalue weighted by Gasteiger charge is -2.56. The SMILES string of the molecule is CCC(C=C1OC(=O)C2=C(c3cc(O)ccc3-c3ccccc3)C3CCC12C1C2=C(CCC31)C(=CCCC1CCCCC1)OC2=O)Cc1ccccc1. The summed E-state index contributed by atoms with van der Waals surface area (Å²) < 4.78 is 12.7. The van der Waals surface area contributed by atoms with Crippen molar-refractivity contribution >= 4 is 17.5 Å². The number of benzene rings is 3. The van der Waals surface area contributed by atoms with Gasteiger partial charge in [0.2, 0.25) is 0 Å². The average molecular weight is 707 g/mol. The zero-order valence-electron chi connectivity index (χ0n) is 30.8. The summed E-state index contributed by atoms with van der Waals surface area (Å²) in [4.78, 5) is 28.9. The van der Waals surface area contributed by atoms with Crippen molar-refractivity contribution in [1.29, 1.82) is 0 Å². The fourth-order valence-electron chi connectivity index (χ4n) is 11.2. The van der Waals surface area contributed by atoms with Gasteiger partial charge in [-0.15, -0.1) is 0 Å². The van der Waals surface area contributed by atoms with E-state index in [4.69, 9.17) is 9.47 Å². The predicted octanol–water partition coefficient (Wildman–Crippen LogP) is 11.1.